The molecule has 0 bridgehead atoms. The lowest BCUT2D eigenvalue weighted by atomic mass is 10.1. The summed E-state index contributed by atoms with van der Waals surface area (Å²) in [5.74, 6) is 0.249. The maximum atomic E-state index is 9.73. The van der Waals surface area contributed by atoms with Crippen LogP contribution in [0.5, 0.6) is 11.5 Å². The summed E-state index contributed by atoms with van der Waals surface area (Å²) in [5.41, 5.74) is 1.21. The number of phenols is 2. The van der Waals surface area contributed by atoms with Gasteiger partial charge in [0, 0.05) is 23.7 Å². The Labute approximate surface area is 96.1 Å². The number of nitrogens with one attached hydrogen (secondary N) is 1. The monoisotopic (exact) mass is 221 g/mol. The molecular formula is C13H19NO2. The highest BCUT2D eigenvalue weighted by Crippen LogP contribution is 2.46. The van der Waals surface area contributed by atoms with Gasteiger partial charge in [0.15, 0.2) is 0 Å². The standard InChI is InChI=1S/C13H19NO2/c1-8(14-12-7-13(12,2)3)10-5-4-9(15)6-11(10)16/h4-6,8,12,14-16H,7H2,1-3H3. The summed E-state index contributed by atoms with van der Waals surface area (Å²) < 4.78 is 0. The van der Waals surface area contributed by atoms with Gasteiger partial charge in [0.25, 0.3) is 0 Å². The van der Waals surface area contributed by atoms with Gasteiger partial charge in [0.2, 0.25) is 0 Å². The molecule has 2 atom stereocenters. The molecule has 0 aromatic heterocycles. The van der Waals surface area contributed by atoms with E-state index in [0.29, 0.717) is 11.5 Å². The highest BCUT2D eigenvalue weighted by Gasteiger charge is 2.46. The molecule has 1 aromatic rings. The summed E-state index contributed by atoms with van der Waals surface area (Å²) in [6.07, 6.45) is 1.18. The van der Waals surface area contributed by atoms with Crippen molar-refractivity contribution in [3.63, 3.8) is 0 Å². The molecule has 2 rings (SSSR count). The highest BCUT2D eigenvalue weighted by molar-refractivity contribution is 5.40. The number of hydrogen-bond acceptors (Lipinski definition) is 3. The fourth-order valence-electron chi connectivity index (χ4n) is 2.04. The second-order valence-electron chi connectivity index (χ2n) is 5.38. The van der Waals surface area contributed by atoms with Crippen LogP contribution in [0.3, 0.4) is 0 Å². The Kier molecular flexibility index (Phi) is 2.58. The first-order chi connectivity index (χ1) is 7.40. The van der Waals surface area contributed by atoms with E-state index < -0.39 is 0 Å². The van der Waals surface area contributed by atoms with Crippen molar-refractivity contribution in [2.75, 3.05) is 0 Å². The maximum absolute atomic E-state index is 9.73. The van der Waals surface area contributed by atoms with Gasteiger partial charge in [-0.1, -0.05) is 19.9 Å². The molecule has 1 aliphatic rings. The number of phenolic OH excluding ortho intramolecular Hbond substituents is 2. The van der Waals surface area contributed by atoms with E-state index in [9.17, 15) is 10.2 Å². The normalized spacial score (nSPS) is 24.1. The molecule has 3 nitrogen and oxygen atoms in total. The number of aromatic hydroxyl groups is 2. The lowest BCUT2D eigenvalue weighted by Crippen LogP contribution is -2.24. The lowest BCUT2D eigenvalue weighted by Gasteiger charge is -2.16. The summed E-state index contributed by atoms with van der Waals surface area (Å²) in [6, 6.07) is 5.37. The summed E-state index contributed by atoms with van der Waals surface area (Å²) in [5, 5.41) is 22.4. The first-order valence-corrected chi connectivity index (χ1v) is 5.68. The van der Waals surface area contributed by atoms with Gasteiger partial charge >= 0.3 is 0 Å². The van der Waals surface area contributed by atoms with Crippen LogP contribution in [-0.4, -0.2) is 16.3 Å². The van der Waals surface area contributed by atoms with Crippen LogP contribution in [-0.2, 0) is 0 Å². The molecule has 0 heterocycles. The van der Waals surface area contributed by atoms with Crippen LogP contribution in [0, 0.1) is 5.41 Å². The minimum Gasteiger partial charge on any atom is -0.508 e. The van der Waals surface area contributed by atoms with Crippen LogP contribution < -0.4 is 5.32 Å². The molecule has 2 unspecified atom stereocenters. The summed E-state index contributed by atoms with van der Waals surface area (Å²) in [6.45, 7) is 6.49. The Bertz CT molecular complexity index is 401. The maximum Gasteiger partial charge on any atom is 0.124 e. The van der Waals surface area contributed by atoms with E-state index in [4.69, 9.17) is 0 Å². The third-order valence-electron chi connectivity index (χ3n) is 3.45. The topological polar surface area (TPSA) is 52.5 Å². The molecule has 0 spiro atoms. The summed E-state index contributed by atoms with van der Waals surface area (Å²) in [4.78, 5) is 0. The van der Waals surface area contributed by atoms with Crippen LogP contribution in [0.4, 0.5) is 0 Å². The summed E-state index contributed by atoms with van der Waals surface area (Å²) in [7, 11) is 0. The molecule has 1 saturated carbocycles. The first-order valence-electron chi connectivity index (χ1n) is 5.68. The van der Waals surface area contributed by atoms with Gasteiger partial charge in [-0.2, -0.15) is 0 Å². The van der Waals surface area contributed by atoms with Crippen LogP contribution in [0.15, 0.2) is 18.2 Å². The molecule has 3 N–H and O–H groups in total. The van der Waals surface area contributed by atoms with Crippen molar-refractivity contribution < 1.29 is 10.2 Å². The van der Waals surface area contributed by atoms with Gasteiger partial charge in [0.05, 0.1) is 0 Å². The van der Waals surface area contributed by atoms with Crippen molar-refractivity contribution in [3.05, 3.63) is 23.8 Å². The van der Waals surface area contributed by atoms with E-state index in [0.717, 1.165) is 5.56 Å². The predicted octanol–water partition coefficient (Wildman–Crippen LogP) is 2.55. The van der Waals surface area contributed by atoms with Gasteiger partial charge in [-0.15, -0.1) is 0 Å². The first kappa shape index (κ1) is 11.3. The highest BCUT2D eigenvalue weighted by atomic mass is 16.3. The van der Waals surface area contributed by atoms with E-state index in [2.05, 4.69) is 19.2 Å². The molecule has 0 amide bonds. The second-order valence-corrected chi connectivity index (χ2v) is 5.38. The second kappa shape index (κ2) is 3.67. The SMILES string of the molecule is CC(NC1CC1(C)C)c1ccc(O)cc1O. The Balaban J connectivity index is 2.06. The average Bonchev–Trinajstić information content (AvgIpc) is 2.72. The Morgan fingerprint density at radius 1 is 1.38 bits per heavy atom. The fourth-order valence-corrected chi connectivity index (χ4v) is 2.04. The predicted molar refractivity (Wildman–Crippen MR) is 63.5 cm³/mol. The van der Waals surface area contributed by atoms with E-state index in [1.54, 1.807) is 12.1 Å². The minimum absolute atomic E-state index is 0.0974. The zero-order valence-corrected chi connectivity index (χ0v) is 9.99. The van der Waals surface area contributed by atoms with Crippen molar-refractivity contribution >= 4 is 0 Å². The molecule has 88 valence electrons. The van der Waals surface area contributed by atoms with Crippen LogP contribution >= 0.6 is 0 Å². The molecule has 1 aliphatic carbocycles. The zero-order valence-electron chi connectivity index (χ0n) is 9.99. The average molecular weight is 221 g/mol. The smallest absolute Gasteiger partial charge is 0.124 e. The van der Waals surface area contributed by atoms with Crippen LogP contribution in [0.25, 0.3) is 0 Å². The molecule has 16 heavy (non-hydrogen) atoms. The molecule has 3 heteroatoms. The fraction of sp³-hybridized carbons (Fsp3) is 0.538. The van der Waals surface area contributed by atoms with Gasteiger partial charge in [-0.25, -0.2) is 0 Å². The van der Waals surface area contributed by atoms with Crippen molar-refractivity contribution in [2.45, 2.75) is 39.3 Å². The van der Waals surface area contributed by atoms with Gasteiger partial charge in [-0.3, -0.25) is 0 Å². The Morgan fingerprint density at radius 3 is 2.50 bits per heavy atom. The van der Waals surface area contributed by atoms with Crippen LogP contribution in [0.1, 0.15) is 38.8 Å². The third kappa shape index (κ3) is 2.14. The Hall–Kier alpha value is -1.22. The molecule has 1 aromatic carbocycles. The van der Waals surface area contributed by atoms with E-state index in [1.807, 2.05) is 6.92 Å². The number of hydrogen-bond donors (Lipinski definition) is 3. The van der Waals surface area contributed by atoms with Crippen molar-refractivity contribution in [3.8, 4) is 11.5 Å². The minimum atomic E-state index is 0.0974. The molecular weight excluding hydrogens is 202 g/mol. The van der Waals surface area contributed by atoms with E-state index in [1.165, 1.54) is 12.5 Å². The molecule has 0 aliphatic heterocycles. The largest absolute Gasteiger partial charge is 0.508 e. The van der Waals surface area contributed by atoms with Gasteiger partial charge in [-0.05, 0) is 24.8 Å². The number of benzene rings is 1. The third-order valence-corrected chi connectivity index (χ3v) is 3.45. The Morgan fingerprint density at radius 2 is 2.00 bits per heavy atom. The van der Waals surface area contributed by atoms with E-state index in [-0.39, 0.29) is 17.5 Å². The van der Waals surface area contributed by atoms with Gasteiger partial charge in [0.1, 0.15) is 11.5 Å². The zero-order chi connectivity index (χ0) is 11.9. The molecule has 0 radical (unpaired) electrons. The summed E-state index contributed by atoms with van der Waals surface area (Å²) >= 11 is 0. The number of rotatable bonds is 3. The quantitative estimate of drug-likeness (QED) is 0.735. The molecule has 1 fully saturated rings. The van der Waals surface area contributed by atoms with Crippen molar-refractivity contribution in [2.24, 2.45) is 5.41 Å². The molecule has 0 saturated heterocycles. The van der Waals surface area contributed by atoms with Crippen molar-refractivity contribution in [1.29, 1.82) is 0 Å². The van der Waals surface area contributed by atoms with Crippen LogP contribution in [0.2, 0.25) is 0 Å². The van der Waals surface area contributed by atoms with Gasteiger partial charge < -0.3 is 15.5 Å². The lowest BCUT2D eigenvalue weighted by molar-refractivity contribution is 0.429. The van der Waals surface area contributed by atoms with E-state index >= 15 is 0 Å². The van der Waals surface area contributed by atoms with Crippen molar-refractivity contribution in [1.82, 2.24) is 5.32 Å².